The number of anilines is 2. The largest absolute Gasteiger partial charge is 0.378 e. The van der Waals surface area contributed by atoms with Crippen molar-refractivity contribution >= 4 is 17.8 Å². The lowest BCUT2D eigenvalue weighted by molar-refractivity contribution is 0.102. The Morgan fingerprint density at radius 1 is 1.16 bits per heavy atom. The molecule has 2 aromatic rings. The van der Waals surface area contributed by atoms with Gasteiger partial charge in [0.15, 0.2) is 0 Å². The van der Waals surface area contributed by atoms with Gasteiger partial charge in [0, 0.05) is 25.1 Å². The van der Waals surface area contributed by atoms with Crippen molar-refractivity contribution in [3.63, 3.8) is 0 Å². The number of nitrogens with one attached hydrogen (secondary N) is 1. The molecule has 0 aliphatic carbocycles. The number of aromatic nitrogens is 3. The Balaban J connectivity index is 1.82. The van der Waals surface area contributed by atoms with Gasteiger partial charge in [-0.15, -0.1) is 0 Å². The summed E-state index contributed by atoms with van der Waals surface area (Å²) in [5.74, 6) is 1.37. The van der Waals surface area contributed by atoms with E-state index in [-0.39, 0.29) is 5.91 Å². The van der Waals surface area contributed by atoms with Gasteiger partial charge in [-0.3, -0.25) is 10.1 Å². The average molecular weight is 341 g/mol. The number of carbonyl (C=O) groups is 1. The van der Waals surface area contributed by atoms with Crippen molar-refractivity contribution in [2.45, 2.75) is 26.7 Å². The second kappa shape index (κ2) is 8.02. The lowest BCUT2D eigenvalue weighted by atomic mass is 10.1. The van der Waals surface area contributed by atoms with E-state index >= 15 is 0 Å². The summed E-state index contributed by atoms with van der Waals surface area (Å²) in [5.41, 5.74) is 1.69. The Morgan fingerprint density at radius 3 is 2.56 bits per heavy atom. The highest BCUT2D eigenvalue weighted by Crippen LogP contribution is 2.14. The summed E-state index contributed by atoms with van der Waals surface area (Å²) in [6.45, 7) is 6.84. The zero-order chi connectivity index (χ0) is 17.6. The summed E-state index contributed by atoms with van der Waals surface area (Å²) in [7, 11) is 0. The van der Waals surface area contributed by atoms with Gasteiger partial charge in [0.25, 0.3) is 5.91 Å². The van der Waals surface area contributed by atoms with E-state index in [0.29, 0.717) is 36.5 Å². The summed E-state index contributed by atoms with van der Waals surface area (Å²) in [5, 5.41) is 2.80. The van der Waals surface area contributed by atoms with Crippen LogP contribution in [0.1, 0.15) is 35.1 Å². The van der Waals surface area contributed by atoms with E-state index in [1.165, 1.54) is 0 Å². The Kier molecular flexibility index (Phi) is 5.55. The van der Waals surface area contributed by atoms with Gasteiger partial charge in [0.1, 0.15) is 5.82 Å². The van der Waals surface area contributed by atoms with E-state index in [4.69, 9.17) is 4.74 Å². The molecule has 1 aliphatic heterocycles. The van der Waals surface area contributed by atoms with Crippen LogP contribution >= 0.6 is 0 Å². The van der Waals surface area contributed by atoms with E-state index in [1.54, 1.807) is 12.1 Å². The molecule has 1 aromatic carbocycles. The number of nitrogens with zero attached hydrogens (tertiary/aromatic N) is 4. The highest BCUT2D eigenvalue weighted by atomic mass is 16.5. The molecule has 0 saturated carbocycles. The van der Waals surface area contributed by atoms with Gasteiger partial charge in [-0.05, 0) is 25.5 Å². The van der Waals surface area contributed by atoms with E-state index < -0.39 is 0 Å². The first kappa shape index (κ1) is 17.3. The SMILES string of the molecule is CCCc1nc(NC(=O)c2ccc(C)cc2)nc(N2CCOCC2)n1. The van der Waals surface area contributed by atoms with Crippen LogP contribution in [0, 0.1) is 6.92 Å². The highest BCUT2D eigenvalue weighted by molar-refractivity contribution is 6.03. The number of ether oxygens (including phenoxy) is 1. The normalized spacial score (nSPS) is 14.4. The summed E-state index contributed by atoms with van der Waals surface area (Å²) in [4.78, 5) is 27.9. The fraction of sp³-hybridized carbons (Fsp3) is 0.444. The lowest BCUT2D eigenvalue weighted by Gasteiger charge is -2.27. The molecule has 0 bridgehead atoms. The van der Waals surface area contributed by atoms with Crippen molar-refractivity contribution in [3.05, 3.63) is 41.2 Å². The molecule has 132 valence electrons. The Bertz CT molecular complexity index is 727. The van der Waals surface area contributed by atoms with Gasteiger partial charge >= 0.3 is 0 Å². The van der Waals surface area contributed by atoms with Crippen LogP contribution in [0.5, 0.6) is 0 Å². The van der Waals surface area contributed by atoms with Crippen molar-refractivity contribution in [2.75, 3.05) is 36.5 Å². The minimum absolute atomic E-state index is 0.221. The number of benzene rings is 1. The molecule has 0 radical (unpaired) electrons. The van der Waals surface area contributed by atoms with Gasteiger partial charge in [-0.2, -0.15) is 15.0 Å². The van der Waals surface area contributed by atoms with E-state index in [9.17, 15) is 4.79 Å². The van der Waals surface area contributed by atoms with Crippen molar-refractivity contribution in [1.29, 1.82) is 0 Å². The number of hydrogen-bond donors (Lipinski definition) is 1. The monoisotopic (exact) mass is 341 g/mol. The molecular formula is C18H23N5O2. The molecule has 1 fully saturated rings. The fourth-order valence-electron chi connectivity index (χ4n) is 2.58. The third-order valence-electron chi connectivity index (χ3n) is 3.98. The first-order valence-electron chi connectivity index (χ1n) is 8.61. The first-order valence-corrected chi connectivity index (χ1v) is 8.61. The predicted molar refractivity (Wildman–Crippen MR) is 96.0 cm³/mol. The molecule has 25 heavy (non-hydrogen) atoms. The lowest BCUT2D eigenvalue weighted by Crippen LogP contribution is -2.37. The maximum atomic E-state index is 12.4. The van der Waals surface area contributed by atoms with Crippen LogP contribution in [-0.4, -0.2) is 47.2 Å². The molecule has 1 amide bonds. The molecule has 0 unspecified atom stereocenters. The maximum absolute atomic E-state index is 12.4. The quantitative estimate of drug-likeness (QED) is 0.898. The zero-order valence-electron chi connectivity index (χ0n) is 14.7. The van der Waals surface area contributed by atoms with E-state index in [0.717, 1.165) is 31.5 Å². The van der Waals surface area contributed by atoms with Gasteiger partial charge in [-0.1, -0.05) is 24.6 Å². The van der Waals surface area contributed by atoms with Crippen LogP contribution in [0.4, 0.5) is 11.9 Å². The summed E-state index contributed by atoms with van der Waals surface area (Å²) in [6.07, 6.45) is 1.67. The molecule has 1 N–H and O–H groups in total. The topological polar surface area (TPSA) is 80.2 Å². The van der Waals surface area contributed by atoms with Crippen LogP contribution in [0.2, 0.25) is 0 Å². The molecule has 7 heteroatoms. The molecule has 1 aliphatic rings. The van der Waals surface area contributed by atoms with Crippen molar-refractivity contribution in [1.82, 2.24) is 15.0 Å². The van der Waals surface area contributed by atoms with Gasteiger partial charge in [0.05, 0.1) is 13.2 Å². The van der Waals surface area contributed by atoms with Crippen molar-refractivity contribution < 1.29 is 9.53 Å². The maximum Gasteiger partial charge on any atom is 0.258 e. The van der Waals surface area contributed by atoms with Crippen molar-refractivity contribution in [2.24, 2.45) is 0 Å². The van der Waals surface area contributed by atoms with Crippen LogP contribution < -0.4 is 10.2 Å². The Morgan fingerprint density at radius 2 is 1.88 bits per heavy atom. The molecule has 2 heterocycles. The molecule has 3 rings (SSSR count). The number of morpholine rings is 1. The third kappa shape index (κ3) is 4.51. The number of aryl methyl sites for hydroxylation is 2. The predicted octanol–water partition coefficient (Wildman–Crippen LogP) is 2.22. The Labute approximate surface area is 147 Å². The first-order chi connectivity index (χ1) is 12.2. The zero-order valence-corrected chi connectivity index (χ0v) is 14.7. The van der Waals surface area contributed by atoms with Crippen LogP contribution in [0.15, 0.2) is 24.3 Å². The van der Waals surface area contributed by atoms with Crippen LogP contribution in [-0.2, 0) is 11.2 Å². The number of rotatable bonds is 5. The second-order valence-electron chi connectivity index (χ2n) is 6.04. The Hall–Kier alpha value is -2.54. The van der Waals surface area contributed by atoms with Gasteiger partial charge in [0.2, 0.25) is 11.9 Å². The summed E-state index contributed by atoms with van der Waals surface area (Å²) < 4.78 is 5.38. The van der Waals surface area contributed by atoms with Crippen LogP contribution in [0.25, 0.3) is 0 Å². The standard InChI is InChI=1S/C18H23N5O2/c1-3-4-15-19-17(21-16(24)14-7-5-13(2)6-8-14)22-18(20-15)23-9-11-25-12-10-23/h5-8H,3-4,9-12H2,1-2H3,(H,19,20,21,22,24). The van der Waals surface area contributed by atoms with E-state index in [1.807, 2.05) is 19.1 Å². The third-order valence-corrected chi connectivity index (χ3v) is 3.98. The minimum Gasteiger partial charge on any atom is -0.378 e. The van der Waals surface area contributed by atoms with Crippen molar-refractivity contribution in [3.8, 4) is 0 Å². The van der Waals surface area contributed by atoms with E-state index in [2.05, 4.69) is 32.1 Å². The number of hydrogen-bond acceptors (Lipinski definition) is 6. The molecule has 7 nitrogen and oxygen atoms in total. The highest BCUT2D eigenvalue weighted by Gasteiger charge is 2.17. The van der Waals surface area contributed by atoms with Gasteiger partial charge in [-0.25, -0.2) is 0 Å². The fourth-order valence-corrected chi connectivity index (χ4v) is 2.58. The second-order valence-corrected chi connectivity index (χ2v) is 6.04. The molecular weight excluding hydrogens is 318 g/mol. The molecule has 1 aromatic heterocycles. The average Bonchev–Trinajstić information content (AvgIpc) is 2.63. The summed E-state index contributed by atoms with van der Waals surface area (Å²) >= 11 is 0. The molecule has 0 atom stereocenters. The van der Waals surface area contributed by atoms with Gasteiger partial charge < -0.3 is 9.64 Å². The molecule has 1 saturated heterocycles. The summed E-state index contributed by atoms with van der Waals surface area (Å²) in [6, 6.07) is 7.40. The smallest absolute Gasteiger partial charge is 0.258 e. The van der Waals surface area contributed by atoms with Crippen LogP contribution in [0.3, 0.4) is 0 Å². The minimum atomic E-state index is -0.221. The number of carbonyl (C=O) groups excluding carboxylic acids is 1. The molecule has 0 spiro atoms. The number of amides is 1.